The summed E-state index contributed by atoms with van der Waals surface area (Å²) in [4.78, 5) is 16.2. The third-order valence-corrected chi connectivity index (χ3v) is 2.03. The maximum atomic E-state index is 11.2. The second-order valence-electron chi connectivity index (χ2n) is 3.26. The minimum atomic E-state index is -0.499. The van der Waals surface area contributed by atoms with Gasteiger partial charge in [-0.25, -0.2) is 5.48 Å². The first-order valence-corrected chi connectivity index (χ1v) is 4.95. The molecule has 0 aliphatic carbocycles. The smallest absolute Gasteiger partial charge is 0.260 e. The van der Waals surface area contributed by atoms with Crippen molar-refractivity contribution in [1.82, 2.24) is 5.48 Å². The lowest BCUT2D eigenvalue weighted by Gasteiger charge is -2.09. The molecule has 4 nitrogen and oxygen atoms in total. The van der Waals surface area contributed by atoms with Crippen molar-refractivity contribution in [2.75, 3.05) is 0 Å². The SMILES string of the molecule is CCC(N)C(=O)NOCc1ccccc1. The molecule has 15 heavy (non-hydrogen) atoms. The van der Waals surface area contributed by atoms with E-state index in [1.807, 2.05) is 37.3 Å². The van der Waals surface area contributed by atoms with Gasteiger partial charge in [-0.05, 0) is 12.0 Å². The van der Waals surface area contributed by atoms with Crippen molar-refractivity contribution in [1.29, 1.82) is 0 Å². The Hall–Kier alpha value is -1.39. The van der Waals surface area contributed by atoms with E-state index in [0.29, 0.717) is 13.0 Å². The summed E-state index contributed by atoms with van der Waals surface area (Å²) in [6, 6.07) is 9.10. The first-order chi connectivity index (χ1) is 7.24. The van der Waals surface area contributed by atoms with Crippen molar-refractivity contribution in [3.8, 4) is 0 Å². The Morgan fingerprint density at radius 3 is 2.73 bits per heavy atom. The Kier molecular flexibility index (Phi) is 4.80. The monoisotopic (exact) mass is 208 g/mol. The Balaban J connectivity index is 2.25. The quantitative estimate of drug-likeness (QED) is 0.709. The molecule has 82 valence electrons. The molecule has 0 radical (unpaired) electrons. The molecule has 0 saturated carbocycles. The molecule has 0 aromatic heterocycles. The Labute approximate surface area is 89.4 Å². The molecule has 1 unspecified atom stereocenters. The van der Waals surface area contributed by atoms with Crippen molar-refractivity contribution >= 4 is 5.91 Å². The fourth-order valence-electron chi connectivity index (χ4n) is 1.03. The van der Waals surface area contributed by atoms with Crippen LogP contribution in [0.25, 0.3) is 0 Å². The van der Waals surface area contributed by atoms with E-state index in [1.54, 1.807) is 0 Å². The van der Waals surface area contributed by atoms with E-state index in [2.05, 4.69) is 5.48 Å². The lowest BCUT2D eigenvalue weighted by atomic mass is 10.2. The topological polar surface area (TPSA) is 64.4 Å². The molecule has 1 atom stereocenters. The molecule has 0 saturated heterocycles. The van der Waals surface area contributed by atoms with Gasteiger partial charge < -0.3 is 5.73 Å². The van der Waals surface area contributed by atoms with E-state index < -0.39 is 6.04 Å². The molecule has 0 aliphatic rings. The summed E-state index contributed by atoms with van der Waals surface area (Å²) in [5.41, 5.74) is 8.82. The van der Waals surface area contributed by atoms with Crippen molar-refractivity contribution < 1.29 is 9.63 Å². The van der Waals surface area contributed by atoms with Gasteiger partial charge in [-0.2, -0.15) is 0 Å². The van der Waals surface area contributed by atoms with E-state index in [4.69, 9.17) is 10.6 Å². The molecule has 0 bridgehead atoms. The molecule has 4 heteroatoms. The van der Waals surface area contributed by atoms with E-state index >= 15 is 0 Å². The predicted molar refractivity (Wildman–Crippen MR) is 57.6 cm³/mol. The van der Waals surface area contributed by atoms with Crippen LogP contribution >= 0.6 is 0 Å². The number of hydrogen-bond donors (Lipinski definition) is 2. The summed E-state index contributed by atoms with van der Waals surface area (Å²) in [6.07, 6.45) is 0.598. The minimum Gasteiger partial charge on any atom is -0.320 e. The van der Waals surface area contributed by atoms with Crippen molar-refractivity contribution in [3.05, 3.63) is 35.9 Å². The van der Waals surface area contributed by atoms with Crippen LogP contribution in [0.15, 0.2) is 30.3 Å². The van der Waals surface area contributed by atoms with Crippen LogP contribution in [-0.2, 0) is 16.2 Å². The highest BCUT2D eigenvalue weighted by molar-refractivity contribution is 5.80. The Morgan fingerprint density at radius 1 is 1.47 bits per heavy atom. The van der Waals surface area contributed by atoms with Crippen LogP contribution in [0, 0.1) is 0 Å². The largest absolute Gasteiger partial charge is 0.320 e. The standard InChI is InChI=1S/C11H16N2O2/c1-2-10(12)11(14)13-15-8-9-6-4-3-5-7-9/h3-7,10H,2,8,12H2,1H3,(H,13,14). The summed E-state index contributed by atoms with van der Waals surface area (Å²) in [5, 5.41) is 0. The average molecular weight is 208 g/mol. The average Bonchev–Trinajstić information content (AvgIpc) is 2.29. The van der Waals surface area contributed by atoms with Gasteiger partial charge >= 0.3 is 0 Å². The minimum absolute atomic E-state index is 0.284. The molecular weight excluding hydrogens is 192 g/mol. The van der Waals surface area contributed by atoms with E-state index in [-0.39, 0.29) is 5.91 Å². The van der Waals surface area contributed by atoms with Gasteiger partial charge in [0.05, 0.1) is 12.6 Å². The van der Waals surface area contributed by atoms with Crippen LogP contribution in [0.2, 0.25) is 0 Å². The lowest BCUT2D eigenvalue weighted by Crippen LogP contribution is -2.39. The summed E-state index contributed by atoms with van der Waals surface area (Å²) in [5.74, 6) is -0.284. The van der Waals surface area contributed by atoms with Crippen LogP contribution < -0.4 is 11.2 Å². The van der Waals surface area contributed by atoms with E-state index in [9.17, 15) is 4.79 Å². The number of benzene rings is 1. The fourth-order valence-corrected chi connectivity index (χ4v) is 1.03. The van der Waals surface area contributed by atoms with Crippen molar-refractivity contribution in [2.45, 2.75) is 26.0 Å². The fraction of sp³-hybridized carbons (Fsp3) is 0.364. The van der Waals surface area contributed by atoms with Crippen LogP contribution in [0.5, 0.6) is 0 Å². The number of hydrogen-bond acceptors (Lipinski definition) is 3. The number of amides is 1. The Morgan fingerprint density at radius 2 is 2.13 bits per heavy atom. The van der Waals surface area contributed by atoms with E-state index in [0.717, 1.165) is 5.56 Å². The number of carbonyl (C=O) groups excluding carboxylic acids is 1. The van der Waals surface area contributed by atoms with Gasteiger partial charge in [-0.1, -0.05) is 37.3 Å². The van der Waals surface area contributed by atoms with Gasteiger partial charge in [-0.15, -0.1) is 0 Å². The highest BCUT2D eigenvalue weighted by Crippen LogP contribution is 1.99. The molecule has 0 aliphatic heterocycles. The Bertz CT molecular complexity index is 301. The molecule has 1 rings (SSSR count). The third-order valence-electron chi connectivity index (χ3n) is 2.03. The predicted octanol–water partition coefficient (Wildman–Crippen LogP) is 0.972. The summed E-state index contributed by atoms with van der Waals surface area (Å²) >= 11 is 0. The maximum Gasteiger partial charge on any atom is 0.260 e. The molecule has 0 heterocycles. The summed E-state index contributed by atoms with van der Waals surface area (Å²) < 4.78 is 0. The summed E-state index contributed by atoms with van der Waals surface area (Å²) in [6.45, 7) is 2.20. The van der Waals surface area contributed by atoms with Gasteiger partial charge in [0.15, 0.2) is 0 Å². The zero-order valence-electron chi connectivity index (χ0n) is 8.77. The van der Waals surface area contributed by atoms with Crippen LogP contribution in [0.1, 0.15) is 18.9 Å². The maximum absolute atomic E-state index is 11.2. The molecular formula is C11H16N2O2. The summed E-state index contributed by atoms with van der Waals surface area (Å²) in [7, 11) is 0. The van der Waals surface area contributed by atoms with Crippen LogP contribution in [0.3, 0.4) is 0 Å². The van der Waals surface area contributed by atoms with Crippen molar-refractivity contribution in [3.63, 3.8) is 0 Å². The van der Waals surface area contributed by atoms with Crippen LogP contribution in [-0.4, -0.2) is 11.9 Å². The molecule has 1 aromatic carbocycles. The molecule has 0 fully saturated rings. The van der Waals surface area contributed by atoms with E-state index in [1.165, 1.54) is 0 Å². The number of rotatable bonds is 5. The van der Waals surface area contributed by atoms with Gasteiger partial charge in [-0.3, -0.25) is 9.63 Å². The zero-order chi connectivity index (χ0) is 11.1. The highest BCUT2D eigenvalue weighted by Gasteiger charge is 2.09. The normalized spacial score (nSPS) is 12.1. The number of carbonyl (C=O) groups is 1. The lowest BCUT2D eigenvalue weighted by molar-refractivity contribution is -0.136. The highest BCUT2D eigenvalue weighted by atomic mass is 16.6. The van der Waals surface area contributed by atoms with Gasteiger partial charge in [0.1, 0.15) is 0 Å². The zero-order valence-corrected chi connectivity index (χ0v) is 8.77. The second kappa shape index (κ2) is 6.16. The molecule has 1 amide bonds. The molecule has 3 N–H and O–H groups in total. The third kappa shape index (κ3) is 4.10. The number of nitrogens with two attached hydrogens (primary N) is 1. The number of nitrogens with one attached hydrogen (secondary N) is 1. The number of hydroxylamine groups is 1. The van der Waals surface area contributed by atoms with Gasteiger partial charge in [0, 0.05) is 0 Å². The first kappa shape index (κ1) is 11.7. The molecule has 0 spiro atoms. The van der Waals surface area contributed by atoms with Gasteiger partial charge in [0.25, 0.3) is 5.91 Å². The second-order valence-corrected chi connectivity index (χ2v) is 3.26. The first-order valence-electron chi connectivity index (χ1n) is 4.95. The van der Waals surface area contributed by atoms with Gasteiger partial charge in [0.2, 0.25) is 0 Å². The van der Waals surface area contributed by atoms with Crippen molar-refractivity contribution in [2.24, 2.45) is 5.73 Å². The molecule has 1 aromatic rings. The van der Waals surface area contributed by atoms with Crippen LogP contribution in [0.4, 0.5) is 0 Å².